The van der Waals surface area contributed by atoms with E-state index in [0.717, 1.165) is 28.1 Å². The van der Waals surface area contributed by atoms with Crippen molar-refractivity contribution in [2.75, 3.05) is 19.0 Å². The zero-order chi connectivity index (χ0) is 22.2. The minimum atomic E-state index is -0.499. The lowest BCUT2D eigenvalue weighted by atomic mass is 10.0. The van der Waals surface area contributed by atoms with Gasteiger partial charge in [-0.1, -0.05) is 6.07 Å². The molecule has 1 N–H and O–H groups in total. The number of carbonyl (C=O) groups excluding carboxylic acids is 1. The van der Waals surface area contributed by atoms with Gasteiger partial charge in [0, 0.05) is 53.8 Å². The molecule has 4 heterocycles. The van der Waals surface area contributed by atoms with Gasteiger partial charge in [-0.25, -0.2) is 24.1 Å². The molecular formula is C23H20FN5O3. The van der Waals surface area contributed by atoms with Gasteiger partial charge >= 0.3 is 5.97 Å². The number of imidazole rings is 1. The first kappa shape index (κ1) is 19.9. The van der Waals surface area contributed by atoms with Crippen molar-refractivity contribution in [1.82, 2.24) is 19.4 Å². The number of ether oxygens (including phenoxy) is 2. The highest BCUT2D eigenvalue weighted by molar-refractivity contribution is 5.88. The summed E-state index contributed by atoms with van der Waals surface area (Å²) in [6, 6.07) is 6.47. The predicted octanol–water partition coefficient (Wildman–Crippen LogP) is 3.57. The predicted molar refractivity (Wildman–Crippen MR) is 115 cm³/mol. The van der Waals surface area contributed by atoms with Gasteiger partial charge in [0.15, 0.2) is 0 Å². The third-order valence-corrected chi connectivity index (χ3v) is 5.44. The van der Waals surface area contributed by atoms with Crippen molar-refractivity contribution < 1.29 is 18.7 Å². The Morgan fingerprint density at radius 2 is 2.12 bits per heavy atom. The molecule has 0 fully saturated rings. The number of halogens is 1. The number of nitrogens with one attached hydrogen (secondary N) is 1. The largest absolute Gasteiger partial charge is 0.493 e. The van der Waals surface area contributed by atoms with Crippen molar-refractivity contribution in [1.29, 1.82) is 0 Å². The summed E-state index contributed by atoms with van der Waals surface area (Å²) in [4.78, 5) is 25.0. The van der Waals surface area contributed by atoms with E-state index in [2.05, 4.69) is 20.3 Å². The molecule has 0 radical (unpaired) electrons. The molecule has 162 valence electrons. The second-order valence-electron chi connectivity index (χ2n) is 7.45. The van der Waals surface area contributed by atoms with Crippen LogP contribution < -0.4 is 10.1 Å². The topological polar surface area (TPSA) is 90.6 Å². The zero-order valence-corrected chi connectivity index (χ0v) is 17.6. The van der Waals surface area contributed by atoms with Crippen molar-refractivity contribution >= 4 is 17.6 Å². The van der Waals surface area contributed by atoms with Gasteiger partial charge in [-0.05, 0) is 25.1 Å². The van der Waals surface area contributed by atoms with Crippen molar-refractivity contribution in [3.8, 4) is 16.9 Å². The van der Waals surface area contributed by atoms with Gasteiger partial charge in [0.25, 0.3) is 0 Å². The Hall–Kier alpha value is -4.01. The van der Waals surface area contributed by atoms with Crippen molar-refractivity contribution in [3.05, 3.63) is 71.2 Å². The van der Waals surface area contributed by atoms with E-state index in [1.807, 2.05) is 17.5 Å². The third-order valence-electron chi connectivity index (χ3n) is 5.44. The van der Waals surface area contributed by atoms with E-state index in [4.69, 9.17) is 9.47 Å². The number of methoxy groups -OCH3 is 1. The number of pyridine rings is 1. The maximum atomic E-state index is 14.5. The summed E-state index contributed by atoms with van der Waals surface area (Å²) in [7, 11) is 1.31. The van der Waals surface area contributed by atoms with Crippen LogP contribution in [0, 0.1) is 12.7 Å². The molecule has 4 aromatic rings. The molecule has 1 aliphatic rings. The Kier molecular flexibility index (Phi) is 4.93. The van der Waals surface area contributed by atoms with E-state index in [1.165, 1.54) is 13.2 Å². The van der Waals surface area contributed by atoms with Crippen LogP contribution in [0.1, 0.15) is 27.3 Å². The fourth-order valence-corrected chi connectivity index (χ4v) is 3.88. The van der Waals surface area contributed by atoms with Crippen molar-refractivity contribution in [2.24, 2.45) is 0 Å². The van der Waals surface area contributed by atoms with E-state index in [-0.39, 0.29) is 18.1 Å². The molecule has 1 aliphatic heterocycles. The van der Waals surface area contributed by atoms with E-state index in [9.17, 15) is 9.18 Å². The molecule has 0 saturated carbocycles. The van der Waals surface area contributed by atoms with Crippen LogP contribution in [0.3, 0.4) is 0 Å². The fourth-order valence-electron chi connectivity index (χ4n) is 3.88. The number of hydrogen-bond donors (Lipinski definition) is 1. The lowest BCUT2D eigenvalue weighted by Crippen LogP contribution is -2.10. The summed E-state index contributed by atoms with van der Waals surface area (Å²) < 4.78 is 26.6. The molecule has 9 heteroatoms. The Balaban J connectivity index is 1.48. The Bertz CT molecular complexity index is 1330. The lowest BCUT2D eigenvalue weighted by Gasteiger charge is -2.13. The normalized spacial score (nSPS) is 12.5. The smallest absolute Gasteiger partial charge is 0.356 e. The number of nitrogens with zero attached hydrogens (tertiary/aromatic N) is 4. The molecule has 0 amide bonds. The summed E-state index contributed by atoms with van der Waals surface area (Å²) in [6.45, 7) is 2.72. The highest BCUT2D eigenvalue weighted by Gasteiger charge is 2.20. The maximum absolute atomic E-state index is 14.5. The number of carbonyl (C=O) groups is 1. The number of hydrogen-bond acceptors (Lipinski definition) is 7. The van der Waals surface area contributed by atoms with Crippen LogP contribution in [0.2, 0.25) is 0 Å². The number of rotatable bonds is 5. The van der Waals surface area contributed by atoms with Gasteiger partial charge in [-0.15, -0.1) is 0 Å². The molecule has 0 atom stereocenters. The number of esters is 1. The Labute approximate surface area is 183 Å². The molecule has 0 aliphatic carbocycles. The molecule has 0 unspecified atom stereocenters. The first-order valence-electron chi connectivity index (χ1n) is 10.1. The first-order valence-corrected chi connectivity index (χ1v) is 10.1. The highest BCUT2D eigenvalue weighted by Crippen LogP contribution is 2.31. The summed E-state index contributed by atoms with van der Waals surface area (Å²) in [5.74, 6) is 0.506. The fraction of sp³-hybridized carbons (Fsp3) is 0.217. The summed E-state index contributed by atoms with van der Waals surface area (Å²) in [5, 5.41) is 3.24. The molecule has 8 nitrogen and oxygen atoms in total. The van der Waals surface area contributed by atoms with Crippen LogP contribution in [-0.4, -0.2) is 39.0 Å². The van der Waals surface area contributed by atoms with Gasteiger partial charge in [0.1, 0.15) is 22.9 Å². The van der Waals surface area contributed by atoms with Gasteiger partial charge < -0.3 is 14.8 Å². The van der Waals surface area contributed by atoms with Crippen LogP contribution in [0.15, 0.2) is 42.9 Å². The van der Waals surface area contributed by atoms with Crippen LogP contribution in [0.4, 0.5) is 10.3 Å². The second kappa shape index (κ2) is 7.92. The number of aryl methyl sites for hydroxylation is 1. The Morgan fingerprint density at radius 3 is 2.91 bits per heavy atom. The molecule has 5 rings (SSSR count). The Morgan fingerprint density at radius 1 is 1.25 bits per heavy atom. The van der Waals surface area contributed by atoms with Gasteiger partial charge in [-0.2, -0.15) is 0 Å². The minimum Gasteiger partial charge on any atom is -0.493 e. The van der Waals surface area contributed by atoms with Crippen LogP contribution in [-0.2, 0) is 17.7 Å². The summed E-state index contributed by atoms with van der Waals surface area (Å²) >= 11 is 0. The molecule has 0 bridgehead atoms. The van der Waals surface area contributed by atoms with Gasteiger partial charge in [0.2, 0.25) is 5.95 Å². The number of benzene rings is 1. The molecular weight excluding hydrogens is 413 g/mol. The maximum Gasteiger partial charge on any atom is 0.356 e. The molecule has 3 aromatic heterocycles. The van der Waals surface area contributed by atoms with E-state index in [1.54, 1.807) is 30.6 Å². The second-order valence-corrected chi connectivity index (χ2v) is 7.45. The number of fused-ring (bicyclic) bond motifs is 2. The lowest BCUT2D eigenvalue weighted by molar-refractivity contribution is 0.0594. The number of anilines is 1. The third kappa shape index (κ3) is 3.41. The average Bonchev–Trinajstić information content (AvgIpc) is 3.44. The first-order chi connectivity index (χ1) is 15.5. The molecule has 0 spiro atoms. The molecule has 32 heavy (non-hydrogen) atoms. The molecule has 1 aromatic carbocycles. The van der Waals surface area contributed by atoms with E-state index >= 15 is 0 Å². The average molecular weight is 433 g/mol. The van der Waals surface area contributed by atoms with Gasteiger partial charge in [0.05, 0.1) is 19.4 Å². The van der Waals surface area contributed by atoms with Crippen molar-refractivity contribution in [3.63, 3.8) is 0 Å². The summed E-state index contributed by atoms with van der Waals surface area (Å²) in [6.07, 6.45) is 5.82. The number of aromatic nitrogens is 4. The monoisotopic (exact) mass is 433 g/mol. The van der Waals surface area contributed by atoms with E-state index < -0.39 is 5.97 Å². The molecule has 0 saturated heterocycles. The van der Waals surface area contributed by atoms with Crippen LogP contribution in [0.5, 0.6) is 5.75 Å². The van der Waals surface area contributed by atoms with Gasteiger partial charge in [-0.3, -0.25) is 4.40 Å². The van der Waals surface area contributed by atoms with Crippen LogP contribution in [0.25, 0.3) is 16.8 Å². The SMILES string of the molecule is COC(=O)c1ccc(-c2cnc(NCc3c(F)ccc4c3CCO4)n3cc(C)nc23)cn1. The summed E-state index contributed by atoms with van der Waals surface area (Å²) in [5.41, 5.74) is 4.70. The van der Waals surface area contributed by atoms with Crippen molar-refractivity contribution in [2.45, 2.75) is 19.9 Å². The van der Waals surface area contributed by atoms with Crippen LogP contribution >= 0.6 is 0 Å². The minimum absolute atomic E-state index is 0.222. The highest BCUT2D eigenvalue weighted by atomic mass is 19.1. The quantitative estimate of drug-likeness (QED) is 0.481. The zero-order valence-electron chi connectivity index (χ0n) is 17.6. The standard InChI is InChI=1S/C23H20FN5O3/c1-13-12-29-21(28-13)16(14-3-5-19(25-9-14)22(30)31-2)10-26-23(29)27-11-17-15-7-8-32-20(15)6-4-18(17)24/h3-6,9-10,12H,7-8,11H2,1-2H3,(H,26,27). The van der Waals surface area contributed by atoms with E-state index in [0.29, 0.717) is 30.2 Å².